The van der Waals surface area contributed by atoms with E-state index in [2.05, 4.69) is 6.58 Å². The molecule has 19 heavy (non-hydrogen) atoms. The second-order valence-corrected chi connectivity index (χ2v) is 6.63. The number of hydrogen-bond donors (Lipinski definition) is 1. The van der Waals surface area contributed by atoms with Gasteiger partial charge < -0.3 is 9.84 Å². The van der Waals surface area contributed by atoms with Gasteiger partial charge in [-0.1, -0.05) is 20.4 Å². The van der Waals surface area contributed by atoms with Gasteiger partial charge in [0.25, 0.3) is 0 Å². The van der Waals surface area contributed by atoms with Crippen LogP contribution in [0.4, 0.5) is 0 Å². The van der Waals surface area contributed by atoms with Crippen LogP contribution in [0, 0.1) is 23.2 Å². The Balaban J connectivity index is 2.01. The van der Waals surface area contributed by atoms with Crippen LogP contribution < -0.4 is 0 Å². The van der Waals surface area contributed by atoms with Crippen molar-refractivity contribution in [3.05, 3.63) is 12.2 Å². The largest absolute Gasteiger partial charge is 0.458 e. The second kappa shape index (κ2) is 3.92. The van der Waals surface area contributed by atoms with Crippen LogP contribution in [0.25, 0.3) is 0 Å². The molecule has 1 N–H and O–H groups in total. The minimum absolute atomic E-state index is 0.0305. The number of aliphatic hydroxyl groups is 1. The van der Waals surface area contributed by atoms with Crippen molar-refractivity contribution < 1.29 is 19.4 Å². The Bertz CT molecular complexity index is 469. The van der Waals surface area contributed by atoms with Crippen molar-refractivity contribution in [1.29, 1.82) is 0 Å². The summed E-state index contributed by atoms with van der Waals surface area (Å²) in [5, 5.41) is 10.2. The van der Waals surface area contributed by atoms with Crippen LogP contribution >= 0.6 is 0 Å². The maximum absolute atomic E-state index is 12.3. The van der Waals surface area contributed by atoms with Gasteiger partial charge in [-0.2, -0.15) is 0 Å². The maximum Gasteiger partial charge on any atom is 0.334 e. The van der Waals surface area contributed by atoms with Gasteiger partial charge in [-0.05, 0) is 18.8 Å². The highest BCUT2D eigenvalue weighted by atomic mass is 16.6. The zero-order chi connectivity index (χ0) is 13.9. The first-order valence-electron chi connectivity index (χ1n) is 6.95. The van der Waals surface area contributed by atoms with Gasteiger partial charge >= 0.3 is 5.97 Å². The van der Waals surface area contributed by atoms with E-state index in [1.54, 1.807) is 0 Å². The molecule has 0 aromatic heterocycles. The smallest absolute Gasteiger partial charge is 0.334 e. The first-order chi connectivity index (χ1) is 8.84. The monoisotopic (exact) mass is 264 g/mol. The van der Waals surface area contributed by atoms with Gasteiger partial charge in [0.1, 0.15) is 11.9 Å². The molecule has 0 unspecified atom stereocenters. The van der Waals surface area contributed by atoms with Gasteiger partial charge in [0.2, 0.25) is 0 Å². The van der Waals surface area contributed by atoms with Crippen LogP contribution in [0.1, 0.15) is 33.1 Å². The van der Waals surface area contributed by atoms with E-state index in [0.717, 1.165) is 0 Å². The number of carbonyl (C=O) groups is 2. The maximum atomic E-state index is 12.3. The Hall–Kier alpha value is -1.16. The molecule has 6 atom stereocenters. The normalized spacial score (nSPS) is 49.6. The zero-order valence-corrected chi connectivity index (χ0v) is 11.4. The molecule has 4 nitrogen and oxygen atoms in total. The predicted molar refractivity (Wildman–Crippen MR) is 68.1 cm³/mol. The topological polar surface area (TPSA) is 63.6 Å². The summed E-state index contributed by atoms with van der Waals surface area (Å²) in [5.74, 6) is -0.142. The number of carbonyl (C=O) groups excluding carboxylic acids is 2. The molecule has 0 radical (unpaired) electrons. The number of ether oxygens (including phenoxy) is 1. The highest BCUT2D eigenvalue weighted by Crippen LogP contribution is 2.55. The minimum Gasteiger partial charge on any atom is -0.458 e. The first kappa shape index (κ1) is 12.9. The lowest BCUT2D eigenvalue weighted by atomic mass is 9.69. The Morgan fingerprint density at radius 2 is 2.11 bits per heavy atom. The molecule has 0 bridgehead atoms. The molecule has 0 aromatic carbocycles. The third-order valence-electron chi connectivity index (χ3n) is 5.46. The molecule has 2 aliphatic carbocycles. The molecule has 0 spiro atoms. The fourth-order valence-electron chi connectivity index (χ4n) is 4.53. The summed E-state index contributed by atoms with van der Waals surface area (Å²) in [6, 6.07) is 0. The molecule has 0 aromatic rings. The number of hydrogen-bond acceptors (Lipinski definition) is 4. The third-order valence-corrected chi connectivity index (χ3v) is 5.46. The van der Waals surface area contributed by atoms with Crippen LogP contribution in [0.3, 0.4) is 0 Å². The summed E-state index contributed by atoms with van der Waals surface area (Å²) in [5.41, 5.74) is -0.0527. The molecule has 3 aliphatic rings. The molecular formula is C15H20O4. The van der Waals surface area contributed by atoms with Gasteiger partial charge in [-0.3, -0.25) is 4.79 Å². The summed E-state index contributed by atoms with van der Waals surface area (Å²) in [6.45, 7) is 7.81. The Morgan fingerprint density at radius 1 is 1.42 bits per heavy atom. The number of esters is 1. The molecule has 2 saturated carbocycles. The Morgan fingerprint density at radius 3 is 2.79 bits per heavy atom. The molecule has 4 heteroatoms. The van der Waals surface area contributed by atoms with E-state index in [4.69, 9.17) is 4.74 Å². The van der Waals surface area contributed by atoms with Crippen molar-refractivity contribution in [2.45, 2.75) is 45.3 Å². The van der Waals surface area contributed by atoms with Crippen LogP contribution in [-0.4, -0.2) is 29.1 Å². The molecule has 0 amide bonds. The zero-order valence-electron chi connectivity index (χ0n) is 11.4. The van der Waals surface area contributed by atoms with E-state index in [9.17, 15) is 14.7 Å². The third kappa shape index (κ3) is 1.62. The van der Waals surface area contributed by atoms with Crippen molar-refractivity contribution >= 4 is 11.8 Å². The number of aliphatic hydroxyl groups excluding tert-OH is 1. The van der Waals surface area contributed by atoms with Crippen molar-refractivity contribution in [2.24, 2.45) is 23.2 Å². The molecular weight excluding hydrogens is 244 g/mol. The average Bonchev–Trinajstić information content (AvgIpc) is 2.63. The summed E-state index contributed by atoms with van der Waals surface area (Å²) in [4.78, 5) is 23.9. The summed E-state index contributed by atoms with van der Waals surface area (Å²) >= 11 is 0. The molecule has 3 fully saturated rings. The summed E-state index contributed by atoms with van der Waals surface area (Å²) in [6.07, 6.45) is 0.796. The number of rotatable bonds is 0. The average molecular weight is 264 g/mol. The molecule has 1 heterocycles. The van der Waals surface area contributed by atoms with E-state index in [0.29, 0.717) is 18.4 Å². The van der Waals surface area contributed by atoms with Crippen LogP contribution in [0.15, 0.2) is 12.2 Å². The lowest BCUT2D eigenvalue weighted by molar-refractivity contribution is -0.139. The molecule has 3 rings (SSSR count). The van der Waals surface area contributed by atoms with E-state index in [-0.39, 0.29) is 42.0 Å². The summed E-state index contributed by atoms with van der Waals surface area (Å²) in [7, 11) is 0. The van der Waals surface area contributed by atoms with Crippen LogP contribution in [-0.2, 0) is 14.3 Å². The lowest BCUT2D eigenvalue weighted by Crippen LogP contribution is -2.36. The van der Waals surface area contributed by atoms with Gasteiger partial charge in [0, 0.05) is 29.2 Å². The highest BCUT2D eigenvalue weighted by Gasteiger charge is 2.58. The van der Waals surface area contributed by atoms with Gasteiger partial charge in [-0.15, -0.1) is 0 Å². The lowest BCUT2D eigenvalue weighted by Gasteiger charge is -2.33. The highest BCUT2D eigenvalue weighted by molar-refractivity contribution is 5.92. The molecule has 104 valence electrons. The van der Waals surface area contributed by atoms with Gasteiger partial charge in [-0.25, -0.2) is 4.79 Å². The van der Waals surface area contributed by atoms with E-state index in [1.165, 1.54) is 0 Å². The van der Waals surface area contributed by atoms with Gasteiger partial charge in [0.15, 0.2) is 0 Å². The van der Waals surface area contributed by atoms with E-state index < -0.39 is 11.5 Å². The predicted octanol–water partition coefficient (Wildman–Crippen LogP) is 1.47. The van der Waals surface area contributed by atoms with Crippen LogP contribution in [0.5, 0.6) is 0 Å². The van der Waals surface area contributed by atoms with Gasteiger partial charge in [0.05, 0.1) is 6.10 Å². The van der Waals surface area contributed by atoms with E-state index in [1.807, 2.05) is 13.8 Å². The number of fused-ring (bicyclic) bond motifs is 2. The quantitative estimate of drug-likeness (QED) is 0.531. The standard InChI is InChI=1S/C15H20O4/c1-7-4-11-9(8(2)14(18)19-11)6-15(3)12(17)5-10(16)13(7)15/h7,9-11,13,16H,2,4-6H2,1,3H3/t7-,9-,10+,11+,13-,15-/m1/s1. The van der Waals surface area contributed by atoms with Crippen molar-refractivity contribution in [3.8, 4) is 0 Å². The van der Waals surface area contributed by atoms with Crippen molar-refractivity contribution in [1.82, 2.24) is 0 Å². The fraction of sp³-hybridized carbons (Fsp3) is 0.733. The Kier molecular flexibility index (Phi) is 2.65. The minimum atomic E-state index is -0.560. The van der Waals surface area contributed by atoms with Crippen LogP contribution in [0.2, 0.25) is 0 Å². The van der Waals surface area contributed by atoms with E-state index >= 15 is 0 Å². The fourth-order valence-corrected chi connectivity index (χ4v) is 4.53. The molecule has 1 saturated heterocycles. The number of ketones is 1. The Labute approximate surface area is 112 Å². The molecule has 1 aliphatic heterocycles. The first-order valence-corrected chi connectivity index (χ1v) is 6.95. The summed E-state index contributed by atoms with van der Waals surface area (Å²) < 4.78 is 5.38. The SMILES string of the molecule is C=C1C(=O)O[C@H]2C[C@@H](C)[C@@H]3[C@@H](O)CC(=O)[C@@]3(C)C[C@H]12. The van der Waals surface area contributed by atoms with Crippen molar-refractivity contribution in [2.75, 3.05) is 0 Å². The second-order valence-electron chi connectivity index (χ2n) is 6.63. The van der Waals surface area contributed by atoms with Crippen molar-refractivity contribution in [3.63, 3.8) is 0 Å². The number of Topliss-reactive ketones (excluding diaryl/α,β-unsaturated/α-hetero) is 1.